The molecule has 0 spiro atoms. The fourth-order valence-corrected chi connectivity index (χ4v) is 1.89. The zero-order valence-corrected chi connectivity index (χ0v) is 11.7. The molecule has 0 amide bonds. The minimum Gasteiger partial charge on any atom is -0.478 e. The lowest BCUT2D eigenvalue weighted by Crippen LogP contribution is -1.84. The maximum atomic E-state index is 10.2. The molecule has 0 aromatic rings. The molecule has 18 heavy (non-hydrogen) atoms. The third kappa shape index (κ3) is 14.9. The van der Waals surface area contributed by atoms with Crippen LogP contribution in [0.15, 0.2) is 24.3 Å². The summed E-state index contributed by atoms with van der Waals surface area (Å²) in [7, 11) is 0. The molecule has 0 aliphatic carbocycles. The summed E-state index contributed by atoms with van der Waals surface area (Å²) in [6, 6.07) is 0. The first-order chi connectivity index (χ1) is 8.77. The zero-order valence-electron chi connectivity index (χ0n) is 11.7. The highest BCUT2D eigenvalue weighted by Gasteiger charge is 1.90. The van der Waals surface area contributed by atoms with Crippen molar-refractivity contribution >= 4 is 5.97 Å². The van der Waals surface area contributed by atoms with Gasteiger partial charge in [0.05, 0.1) is 0 Å². The summed E-state index contributed by atoms with van der Waals surface area (Å²) in [6.45, 7) is 2.25. The molecule has 104 valence electrons. The molecule has 0 aromatic carbocycles. The van der Waals surface area contributed by atoms with Crippen LogP contribution in [0.25, 0.3) is 0 Å². The Morgan fingerprint density at radius 2 is 1.44 bits per heavy atom. The molecule has 0 saturated heterocycles. The highest BCUT2D eigenvalue weighted by atomic mass is 16.4. The summed E-state index contributed by atoms with van der Waals surface area (Å²) in [6.07, 6.45) is 19.8. The van der Waals surface area contributed by atoms with Gasteiger partial charge < -0.3 is 5.11 Å². The van der Waals surface area contributed by atoms with Crippen LogP contribution < -0.4 is 0 Å². The zero-order chi connectivity index (χ0) is 13.5. The van der Waals surface area contributed by atoms with Crippen molar-refractivity contribution in [2.45, 2.75) is 71.1 Å². The predicted octanol–water partition coefficient (Wildman–Crippen LogP) is 5.10. The summed E-state index contributed by atoms with van der Waals surface area (Å²) >= 11 is 0. The van der Waals surface area contributed by atoms with Crippen LogP contribution in [0.5, 0.6) is 0 Å². The van der Waals surface area contributed by atoms with E-state index >= 15 is 0 Å². The van der Waals surface area contributed by atoms with Crippen molar-refractivity contribution in [3.05, 3.63) is 24.3 Å². The molecule has 0 atom stereocenters. The molecule has 0 aliphatic heterocycles. The van der Waals surface area contributed by atoms with Crippen LogP contribution in [0.1, 0.15) is 71.1 Å². The van der Waals surface area contributed by atoms with E-state index in [4.69, 9.17) is 5.11 Å². The summed E-state index contributed by atoms with van der Waals surface area (Å²) < 4.78 is 0. The molecule has 1 N–H and O–H groups in total. The summed E-state index contributed by atoms with van der Waals surface area (Å²) in [5.74, 6) is -0.886. The Balaban J connectivity index is 3.14. The second-order valence-electron chi connectivity index (χ2n) is 4.74. The maximum absolute atomic E-state index is 10.2. The normalized spacial score (nSPS) is 11.6. The first-order valence-corrected chi connectivity index (χ1v) is 7.33. The van der Waals surface area contributed by atoms with Gasteiger partial charge in [-0.05, 0) is 12.8 Å². The monoisotopic (exact) mass is 252 g/mol. The van der Waals surface area contributed by atoms with Crippen LogP contribution in [0, 0.1) is 0 Å². The van der Waals surface area contributed by atoms with Crippen molar-refractivity contribution in [2.24, 2.45) is 0 Å². The Hall–Kier alpha value is -1.05. The smallest absolute Gasteiger partial charge is 0.328 e. The second-order valence-corrected chi connectivity index (χ2v) is 4.74. The Labute approximate surface area is 112 Å². The minimum atomic E-state index is -0.886. The highest BCUT2D eigenvalue weighted by molar-refractivity contribution is 5.80. The number of unbranched alkanes of at least 4 members (excludes halogenated alkanes) is 9. The van der Waals surface area contributed by atoms with E-state index in [9.17, 15) is 4.79 Å². The Bertz CT molecular complexity index is 241. The predicted molar refractivity (Wildman–Crippen MR) is 77.8 cm³/mol. The molecule has 0 saturated carbocycles. The van der Waals surface area contributed by atoms with E-state index < -0.39 is 5.97 Å². The van der Waals surface area contributed by atoms with Crippen molar-refractivity contribution in [2.75, 3.05) is 0 Å². The number of hydrogen-bond donors (Lipinski definition) is 1. The molecule has 0 fully saturated rings. The van der Waals surface area contributed by atoms with E-state index in [0.29, 0.717) is 0 Å². The molecule has 0 aliphatic rings. The number of carboxylic acids is 1. The van der Waals surface area contributed by atoms with Gasteiger partial charge in [0, 0.05) is 6.08 Å². The quantitative estimate of drug-likeness (QED) is 0.298. The van der Waals surface area contributed by atoms with E-state index in [2.05, 4.69) is 6.92 Å². The summed E-state index contributed by atoms with van der Waals surface area (Å²) in [4.78, 5) is 10.2. The van der Waals surface area contributed by atoms with E-state index in [1.165, 1.54) is 57.8 Å². The van der Waals surface area contributed by atoms with E-state index in [1.54, 1.807) is 6.08 Å². The van der Waals surface area contributed by atoms with Gasteiger partial charge >= 0.3 is 5.97 Å². The first-order valence-electron chi connectivity index (χ1n) is 7.33. The van der Waals surface area contributed by atoms with Gasteiger partial charge in [-0.1, -0.05) is 76.5 Å². The van der Waals surface area contributed by atoms with E-state index in [0.717, 1.165) is 12.5 Å². The van der Waals surface area contributed by atoms with Crippen molar-refractivity contribution < 1.29 is 9.90 Å². The van der Waals surface area contributed by atoms with E-state index in [-0.39, 0.29) is 0 Å². The van der Waals surface area contributed by atoms with Crippen molar-refractivity contribution in [3.63, 3.8) is 0 Å². The van der Waals surface area contributed by atoms with Crippen molar-refractivity contribution in [3.8, 4) is 0 Å². The minimum absolute atomic E-state index is 0.886. The lowest BCUT2D eigenvalue weighted by molar-refractivity contribution is -0.131. The molecule has 2 heteroatoms. The topological polar surface area (TPSA) is 37.3 Å². The third-order valence-electron chi connectivity index (χ3n) is 2.96. The number of carbonyl (C=O) groups is 1. The lowest BCUT2D eigenvalue weighted by atomic mass is 10.1. The molecular formula is C16H28O2. The summed E-state index contributed by atoms with van der Waals surface area (Å²) in [5, 5.41) is 8.37. The highest BCUT2D eigenvalue weighted by Crippen LogP contribution is 2.10. The molecule has 0 unspecified atom stereocenters. The molecule has 0 bridgehead atoms. The van der Waals surface area contributed by atoms with E-state index in [1.807, 2.05) is 12.2 Å². The van der Waals surface area contributed by atoms with Gasteiger partial charge in [0.25, 0.3) is 0 Å². The van der Waals surface area contributed by atoms with Gasteiger partial charge in [0.2, 0.25) is 0 Å². The van der Waals surface area contributed by atoms with Gasteiger partial charge in [-0.2, -0.15) is 0 Å². The maximum Gasteiger partial charge on any atom is 0.328 e. The lowest BCUT2D eigenvalue weighted by Gasteiger charge is -2.00. The van der Waals surface area contributed by atoms with Crippen molar-refractivity contribution in [1.29, 1.82) is 0 Å². The van der Waals surface area contributed by atoms with Gasteiger partial charge in [0.15, 0.2) is 0 Å². The molecule has 0 heterocycles. The van der Waals surface area contributed by atoms with Gasteiger partial charge in [-0.25, -0.2) is 4.79 Å². The fourth-order valence-electron chi connectivity index (χ4n) is 1.89. The number of carboxylic acid groups (broad SMARTS) is 1. The Morgan fingerprint density at radius 1 is 0.889 bits per heavy atom. The molecular weight excluding hydrogens is 224 g/mol. The fraction of sp³-hybridized carbons (Fsp3) is 0.688. The Morgan fingerprint density at radius 3 is 2.00 bits per heavy atom. The number of aliphatic carboxylic acids is 1. The molecule has 2 nitrogen and oxygen atoms in total. The van der Waals surface area contributed by atoms with Gasteiger partial charge in [0.1, 0.15) is 0 Å². The van der Waals surface area contributed by atoms with Crippen molar-refractivity contribution in [1.82, 2.24) is 0 Å². The average molecular weight is 252 g/mol. The number of allylic oxidation sites excluding steroid dienone is 3. The number of hydrogen-bond acceptors (Lipinski definition) is 1. The molecule has 0 aromatic heterocycles. The standard InChI is InChI=1S/C16H28O2/c1-2-3-4-5-6-7-8-9-10-11-12-13-14-15-16(17)18/h12-15H,2-11H2,1H3,(H,17,18). The first kappa shape index (κ1) is 16.9. The second kappa shape index (κ2) is 14.0. The van der Waals surface area contributed by atoms with Crippen LogP contribution in [0.2, 0.25) is 0 Å². The van der Waals surface area contributed by atoms with Crippen LogP contribution in [-0.4, -0.2) is 11.1 Å². The third-order valence-corrected chi connectivity index (χ3v) is 2.96. The van der Waals surface area contributed by atoms with Crippen LogP contribution in [0.4, 0.5) is 0 Å². The van der Waals surface area contributed by atoms with Gasteiger partial charge in [-0.3, -0.25) is 0 Å². The van der Waals surface area contributed by atoms with Crippen LogP contribution >= 0.6 is 0 Å². The molecule has 0 rings (SSSR count). The average Bonchev–Trinajstić information content (AvgIpc) is 2.34. The van der Waals surface area contributed by atoms with Crippen LogP contribution in [0.3, 0.4) is 0 Å². The SMILES string of the molecule is CCCCCCCCCCCC=CC=CC(=O)O. The summed E-state index contributed by atoms with van der Waals surface area (Å²) in [5.41, 5.74) is 0. The van der Waals surface area contributed by atoms with Gasteiger partial charge in [-0.15, -0.1) is 0 Å². The number of rotatable bonds is 12. The largest absolute Gasteiger partial charge is 0.478 e. The molecule has 0 radical (unpaired) electrons. The van der Waals surface area contributed by atoms with Crippen LogP contribution in [-0.2, 0) is 4.79 Å². The Kier molecular flexibility index (Phi) is 13.2.